The maximum absolute atomic E-state index is 13.9. The van der Waals surface area contributed by atoms with Crippen LogP contribution in [0.2, 0.25) is 0 Å². The van der Waals surface area contributed by atoms with Crippen LogP contribution in [0.1, 0.15) is 60.0 Å². The number of esters is 2. The van der Waals surface area contributed by atoms with Gasteiger partial charge in [0, 0.05) is 101 Å². The zero-order chi connectivity index (χ0) is 52.1. The molecule has 0 radical (unpaired) electrons. The van der Waals surface area contributed by atoms with Crippen LogP contribution in [-0.4, -0.2) is 165 Å². The molecule has 0 aliphatic carbocycles. The van der Waals surface area contributed by atoms with Crippen LogP contribution < -0.4 is 9.47 Å². The van der Waals surface area contributed by atoms with Gasteiger partial charge in [0.1, 0.15) is 11.6 Å². The van der Waals surface area contributed by atoms with Crippen molar-refractivity contribution in [1.29, 1.82) is 0 Å². The van der Waals surface area contributed by atoms with Crippen molar-refractivity contribution in [3.63, 3.8) is 0 Å². The summed E-state index contributed by atoms with van der Waals surface area (Å²) in [6, 6.07) is 23.7. The fraction of sp³-hybridized carbons (Fsp3) is 0.429. The molecular formula is C56H66F2N6O10. The summed E-state index contributed by atoms with van der Waals surface area (Å²) in [7, 11) is 0. The predicted molar refractivity (Wildman–Crippen MR) is 274 cm³/mol. The summed E-state index contributed by atoms with van der Waals surface area (Å²) in [6.07, 6.45) is 7.99. The number of aromatic nitrogens is 2. The first-order valence-electron chi connectivity index (χ1n) is 25.6. The third-order valence-corrected chi connectivity index (χ3v) is 14.4. The van der Waals surface area contributed by atoms with Crippen molar-refractivity contribution in [3.8, 4) is 11.5 Å². The third-order valence-electron chi connectivity index (χ3n) is 14.4. The number of piperidine rings is 2. The Kier molecular flexibility index (Phi) is 18.6. The molecule has 74 heavy (non-hydrogen) atoms. The summed E-state index contributed by atoms with van der Waals surface area (Å²) in [5.41, 5.74) is 4.83. The van der Waals surface area contributed by atoms with Crippen LogP contribution in [0.25, 0.3) is 21.8 Å². The van der Waals surface area contributed by atoms with Gasteiger partial charge >= 0.3 is 11.9 Å². The predicted octanol–water partition coefficient (Wildman–Crippen LogP) is 4.86. The van der Waals surface area contributed by atoms with Gasteiger partial charge < -0.3 is 58.6 Å². The fourth-order valence-corrected chi connectivity index (χ4v) is 10.3. The number of fused-ring (bicyclic) bond motifs is 2. The first kappa shape index (κ1) is 53.7. The topological polar surface area (TPSA) is 190 Å². The quantitative estimate of drug-likeness (QED) is 0.0535. The molecule has 0 spiro atoms. The second kappa shape index (κ2) is 25.6. The molecule has 2 aromatic heterocycles. The van der Waals surface area contributed by atoms with Gasteiger partial charge in [0.05, 0.1) is 50.3 Å². The Labute approximate surface area is 428 Å². The van der Waals surface area contributed by atoms with E-state index in [1.54, 1.807) is 60.9 Å². The smallest absolute Gasteiger partial charge is 0.416 e. The molecule has 6 aromatic rings. The van der Waals surface area contributed by atoms with Crippen LogP contribution in [0.5, 0.6) is 11.5 Å². The summed E-state index contributed by atoms with van der Waals surface area (Å²) < 4.78 is 42.9. The molecule has 0 saturated carbocycles. The Hall–Kier alpha value is -6.54. The molecule has 4 heterocycles. The summed E-state index contributed by atoms with van der Waals surface area (Å²) in [5.74, 6) is -3.30. The van der Waals surface area contributed by atoms with Gasteiger partial charge in [-0.3, -0.25) is 9.59 Å². The van der Waals surface area contributed by atoms with Crippen LogP contribution in [-0.2, 0) is 44.9 Å². The highest BCUT2D eigenvalue weighted by molar-refractivity contribution is 6.31. The second-order valence-corrected chi connectivity index (χ2v) is 19.2. The zero-order valence-corrected chi connectivity index (χ0v) is 41.6. The maximum atomic E-state index is 13.9. The normalized spacial score (nSPS) is 14.9. The number of aliphatic hydroxyl groups excluding tert-OH is 4. The van der Waals surface area contributed by atoms with Gasteiger partial charge in [-0.05, 0) is 109 Å². The van der Waals surface area contributed by atoms with E-state index in [9.17, 15) is 48.4 Å². The minimum Gasteiger partial charge on any atom is -0.416 e. The van der Waals surface area contributed by atoms with Gasteiger partial charge in [-0.1, -0.05) is 36.4 Å². The lowest BCUT2D eigenvalue weighted by Crippen LogP contribution is -2.36. The SMILES string of the molecule is O=C(Oc1cn(C2CCN(CCc3ccc(F)cc3)CC2)c2cc(CC(=O)N(CCO)CCO)ccc12)C(=O)Oc1cn(C2CCN(CCc3ccc(F)cc3)CC2)c2cc(CC(=O)N(CCO)CCO)ccc12. The highest BCUT2D eigenvalue weighted by Crippen LogP contribution is 2.37. The maximum Gasteiger partial charge on any atom is 0.423 e. The fourth-order valence-electron chi connectivity index (χ4n) is 10.3. The van der Waals surface area contributed by atoms with Crippen molar-refractivity contribution in [1.82, 2.24) is 28.7 Å². The number of hydrogen-bond donors (Lipinski definition) is 4. The lowest BCUT2D eigenvalue weighted by molar-refractivity contribution is -0.156. The van der Waals surface area contributed by atoms with E-state index < -0.39 is 11.9 Å². The average Bonchev–Trinajstić information content (AvgIpc) is 3.95. The zero-order valence-electron chi connectivity index (χ0n) is 41.6. The van der Waals surface area contributed by atoms with E-state index in [0.717, 1.165) is 88.9 Å². The Morgan fingerprint density at radius 3 is 1.18 bits per heavy atom. The van der Waals surface area contributed by atoms with Crippen molar-refractivity contribution in [2.75, 3.05) is 91.9 Å². The van der Waals surface area contributed by atoms with Gasteiger partial charge in [0.2, 0.25) is 11.8 Å². The number of nitrogens with zero attached hydrogens (tertiary/aromatic N) is 6. The van der Waals surface area contributed by atoms with Crippen LogP contribution >= 0.6 is 0 Å². The Morgan fingerprint density at radius 1 is 0.500 bits per heavy atom. The molecule has 16 nitrogen and oxygen atoms in total. The molecule has 4 N–H and O–H groups in total. The number of rotatable bonds is 22. The summed E-state index contributed by atoms with van der Waals surface area (Å²) in [5, 5.41) is 39.3. The minimum absolute atomic E-state index is 0.00168. The van der Waals surface area contributed by atoms with E-state index in [0.29, 0.717) is 32.9 Å². The molecule has 2 saturated heterocycles. The number of likely N-dealkylation sites (tertiary alicyclic amines) is 2. The number of aliphatic hydroxyl groups is 4. The number of carbonyl (C=O) groups is 4. The molecule has 8 rings (SSSR count). The largest absolute Gasteiger partial charge is 0.423 e. The summed E-state index contributed by atoms with van der Waals surface area (Å²) in [6.45, 7) is 4.00. The van der Waals surface area contributed by atoms with Crippen LogP contribution in [0.15, 0.2) is 97.3 Å². The van der Waals surface area contributed by atoms with Gasteiger partial charge in [-0.2, -0.15) is 0 Å². The molecule has 0 unspecified atom stereocenters. The Morgan fingerprint density at radius 2 is 0.838 bits per heavy atom. The molecule has 2 aliphatic rings. The number of hydrogen-bond acceptors (Lipinski definition) is 12. The van der Waals surface area contributed by atoms with Gasteiger partial charge in [-0.25, -0.2) is 18.4 Å². The van der Waals surface area contributed by atoms with Gasteiger partial charge in [-0.15, -0.1) is 0 Å². The van der Waals surface area contributed by atoms with Crippen LogP contribution in [0.4, 0.5) is 8.78 Å². The Bertz CT molecular complexity index is 2650. The lowest BCUT2D eigenvalue weighted by atomic mass is 10.0. The molecule has 0 bridgehead atoms. The first-order chi connectivity index (χ1) is 35.9. The van der Waals surface area contributed by atoms with Crippen molar-refractivity contribution < 1.29 is 57.9 Å². The standard InChI is InChI=1S/C56H66F2N6O10/c57-43-7-1-39(2-8-43)13-19-59-21-15-45(16-22-59)63-37-51(47-11-5-41(33-49(47)63)35-53(69)61(25-29-65)26-30-66)73-55(71)56(72)74-52-38-64(46-17-23-60(24-18-46)20-14-40-3-9-44(58)10-4-40)50-34-42(6-12-48(50)52)36-54(70)62(27-31-67)28-32-68/h1-12,33-34,37-38,45-46,65-68H,13-32,35-36H2. The Balaban J connectivity index is 1.01. The molecule has 2 fully saturated rings. The minimum atomic E-state index is -1.24. The number of amides is 2. The number of halogens is 2. The summed E-state index contributed by atoms with van der Waals surface area (Å²) >= 11 is 0. The molecule has 2 amide bonds. The number of carbonyl (C=O) groups excluding carboxylic acids is 4. The van der Waals surface area contributed by atoms with Gasteiger partial charge in [0.25, 0.3) is 0 Å². The van der Waals surface area contributed by atoms with E-state index in [-0.39, 0.29) is 112 Å². The number of ether oxygens (including phenoxy) is 2. The van der Waals surface area contributed by atoms with E-state index in [1.807, 2.05) is 21.3 Å². The third kappa shape index (κ3) is 13.6. The van der Waals surface area contributed by atoms with Crippen molar-refractivity contribution >= 4 is 45.6 Å². The molecule has 394 valence electrons. The van der Waals surface area contributed by atoms with E-state index in [2.05, 4.69) is 9.80 Å². The molecule has 18 heteroatoms. The molecular weight excluding hydrogens is 955 g/mol. The molecule has 0 atom stereocenters. The van der Waals surface area contributed by atoms with Crippen molar-refractivity contribution in [2.45, 2.75) is 63.5 Å². The van der Waals surface area contributed by atoms with Crippen LogP contribution in [0.3, 0.4) is 0 Å². The van der Waals surface area contributed by atoms with Crippen molar-refractivity contribution in [2.24, 2.45) is 0 Å². The molecule has 4 aromatic carbocycles. The monoisotopic (exact) mass is 1020 g/mol. The first-order valence-corrected chi connectivity index (χ1v) is 25.6. The highest BCUT2D eigenvalue weighted by atomic mass is 19.1. The van der Waals surface area contributed by atoms with Crippen molar-refractivity contribution in [3.05, 3.63) is 131 Å². The van der Waals surface area contributed by atoms with E-state index in [1.165, 1.54) is 34.1 Å². The highest BCUT2D eigenvalue weighted by Gasteiger charge is 2.29. The van der Waals surface area contributed by atoms with Crippen LogP contribution in [0, 0.1) is 11.6 Å². The lowest BCUT2D eigenvalue weighted by Gasteiger charge is -2.33. The average molecular weight is 1020 g/mol. The van der Waals surface area contributed by atoms with Gasteiger partial charge in [0.15, 0.2) is 11.5 Å². The molecule has 2 aliphatic heterocycles. The second-order valence-electron chi connectivity index (χ2n) is 19.2. The van der Waals surface area contributed by atoms with E-state index in [4.69, 9.17) is 9.47 Å². The van der Waals surface area contributed by atoms with E-state index >= 15 is 0 Å². The summed E-state index contributed by atoms with van der Waals surface area (Å²) in [4.78, 5) is 61.9. The number of benzene rings is 4.